The molecule has 2 N–H and O–H groups in total. The molecular formula is C16H21N3O2. The van der Waals surface area contributed by atoms with Crippen LogP contribution in [0.2, 0.25) is 0 Å². The second-order valence-electron chi connectivity index (χ2n) is 5.42. The molecular weight excluding hydrogens is 266 g/mol. The molecule has 0 saturated carbocycles. The molecule has 1 saturated heterocycles. The second-order valence-corrected chi connectivity index (χ2v) is 5.42. The van der Waals surface area contributed by atoms with Crippen molar-refractivity contribution in [1.82, 2.24) is 9.80 Å². The zero-order valence-electron chi connectivity index (χ0n) is 12.1. The highest BCUT2D eigenvalue weighted by Gasteiger charge is 2.24. The summed E-state index contributed by atoms with van der Waals surface area (Å²) in [6, 6.07) is 7.66. The Labute approximate surface area is 124 Å². The SMILES string of the molecule is NCCCN1CCN(C(=O)c2coc3ccccc23)CC1. The lowest BCUT2D eigenvalue weighted by atomic mass is 10.1. The van der Waals surface area contributed by atoms with Crippen molar-refractivity contribution >= 4 is 16.9 Å². The van der Waals surface area contributed by atoms with Gasteiger partial charge in [-0.15, -0.1) is 0 Å². The number of hydrogen-bond acceptors (Lipinski definition) is 4. The van der Waals surface area contributed by atoms with Crippen molar-refractivity contribution in [3.05, 3.63) is 36.1 Å². The number of furan rings is 1. The number of piperazine rings is 1. The van der Waals surface area contributed by atoms with Crippen LogP contribution < -0.4 is 5.73 Å². The Morgan fingerprint density at radius 1 is 1.19 bits per heavy atom. The molecule has 3 rings (SSSR count). The molecule has 0 bridgehead atoms. The molecule has 2 aromatic rings. The Hall–Kier alpha value is -1.85. The Morgan fingerprint density at radius 3 is 2.71 bits per heavy atom. The number of hydrogen-bond donors (Lipinski definition) is 1. The molecule has 0 unspecified atom stereocenters. The fourth-order valence-electron chi connectivity index (χ4n) is 2.80. The molecule has 112 valence electrons. The van der Waals surface area contributed by atoms with Gasteiger partial charge in [0.25, 0.3) is 5.91 Å². The van der Waals surface area contributed by atoms with Gasteiger partial charge in [0.05, 0.1) is 5.56 Å². The van der Waals surface area contributed by atoms with Gasteiger partial charge in [0, 0.05) is 31.6 Å². The van der Waals surface area contributed by atoms with E-state index in [0.717, 1.165) is 56.7 Å². The summed E-state index contributed by atoms with van der Waals surface area (Å²) in [5.74, 6) is 0.0680. The topological polar surface area (TPSA) is 62.7 Å². The molecule has 1 aromatic heterocycles. The Morgan fingerprint density at radius 2 is 1.95 bits per heavy atom. The van der Waals surface area contributed by atoms with E-state index in [4.69, 9.17) is 10.2 Å². The molecule has 0 atom stereocenters. The highest BCUT2D eigenvalue weighted by Crippen LogP contribution is 2.22. The zero-order chi connectivity index (χ0) is 14.7. The van der Waals surface area contributed by atoms with Crippen molar-refractivity contribution in [2.45, 2.75) is 6.42 Å². The van der Waals surface area contributed by atoms with E-state index < -0.39 is 0 Å². The molecule has 21 heavy (non-hydrogen) atoms. The van der Waals surface area contributed by atoms with Gasteiger partial charge in [-0.3, -0.25) is 9.69 Å². The average Bonchev–Trinajstić information content (AvgIpc) is 2.97. The van der Waals surface area contributed by atoms with E-state index in [1.807, 2.05) is 29.2 Å². The van der Waals surface area contributed by atoms with Crippen LogP contribution in [0.4, 0.5) is 0 Å². The van der Waals surface area contributed by atoms with Crippen molar-refractivity contribution in [1.29, 1.82) is 0 Å². The lowest BCUT2D eigenvalue weighted by molar-refractivity contribution is 0.0637. The molecule has 1 fully saturated rings. The van der Waals surface area contributed by atoms with E-state index in [0.29, 0.717) is 5.56 Å². The van der Waals surface area contributed by atoms with Gasteiger partial charge in [-0.05, 0) is 25.6 Å². The van der Waals surface area contributed by atoms with E-state index in [2.05, 4.69) is 4.90 Å². The number of nitrogens with two attached hydrogens (primary N) is 1. The van der Waals surface area contributed by atoms with Gasteiger partial charge >= 0.3 is 0 Å². The smallest absolute Gasteiger partial charge is 0.257 e. The highest BCUT2D eigenvalue weighted by molar-refractivity contribution is 6.05. The van der Waals surface area contributed by atoms with Crippen LogP contribution in [0, 0.1) is 0 Å². The van der Waals surface area contributed by atoms with Gasteiger partial charge in [0.15, 0.2) is 0 Å². The maximum absolute atomic E-state index is 12.6. The van der Waals surface area contributed by atoms with Crippen LogP contribution in [-0.4, -0.2) is 55.0 Å². The first kappa shape index (κ1) is 14.1. The van der Waals surface area contributed by atoms with Crippen LogP contribution in [0.3, 0.4) is 0 Å². The summed E-state index contributed by atoms with van der Waals surface area (Å²) >= 11 is 0. The van der Waals surface area contributed by atoms with E-state index in [9.17, 15) is 4.79 Å². The van der Waals surface area contributed by atoms with Gasteiger partial charge < -0.3 is 15.1 Å². The summed E-state index contributed by atoms with van der Waals surface area (Å²) in [7, 11) is 0. The zero-order valence-corrected chi connectivity index (χ0v) is 12.1. The number of para-hydroxylation sites is 1. The third kappa shape index (κ3) is 2.94. The monoisotopic (exact) mass is 287 g/mol. The molecule has 1 aliphatic heterocycles. The molecule has 0 spiro atoms. The van der Waals surface area contributed by atoms with Crippen molar-refractivity contribution in [2.75, 3.05) is 39.3 Å². The lowest BCUT2D eigenvalue weighted by Gasteiger charge is -2.34. The van der Waals surface area contributed by atoms with Crippen LogP contribution >= 0.6 is 0 Å². The molecule has 0 radical (unpaired) electrons. The standard InChI is InChI=1S/C16H21N3O2/c17-6-3-7-18-8-10-19(11-9-18)16(20)14-12-21-15-5-2-1-4-13(14)15/h1-2,4-5,12H,3,6-11,17H2. The molecule has 5 heteroatoms. The maximum Gasteiger partial charge on any atom is 0.257 e. The van der Waals surface area contributed by atoms with Crippen molar-refractivity contribution < 1.29 is 9.21 Å². The Kier molecular flexibility index (Phi) is 4.22. The van der Waals surface area contributed by atoms with Gasteiger partial charge in [0.1, 0.15) is 11.8 Å². The van der Waals surface area contributed by atoms with Gasteiger partial charge in [-0.2, -0.15) is 0 Å². The number of rotatable bonds is 4. The molecule has 0 aliphatic carbocycles. The van der Waals surface area contributed by atoms with Crippen molar-refractivity contribution in [3.8, 4) is 0 Å². The minimum atomic E-state index is 0.0680. The maximum atomic E-state index is 12.6. The molecule has 1 amide bonds. The second kappa shape index (κ2) is 6.28. The van der Waals surface area contributed by atoms with Crippen LogP contribution in [0.5, 0.6) is 0 Å². The van der Waals surface area contributed by atoms with Gasteiger partial charge in [-0.1, -0.05) is 18.2 Å². The van der Waals surface area contributed by atoms with Crippen LogP contribution in [0.25, 0.3) is 11.0 Å². The summed E-state index contributed by atoms with van der Waals surface area (Å²) in [5, 5.41) is 0.896. The number of nitrogens with zero attached hydrogens (tertiary/aromatic N) is 2. The van der Waals surface area contributed by atoms with Crippen LogP contribution in [0.1, 0.15) is 16.8 Å². The van der Waals surface area contributed by atoms with Crippen molar-refractivity contribution in [2.24, 2.45) is 5.73 Å². The largest absolute Gasteiger partial charge is 0.463 e. The summed E-state index contributed by atoms with van der Waals surface area (Å²) < 4.78 is 5.46. The van der Waals surface area contributed by atoms with E-state index in [-0.39, 0.29) is 5.91 Å². The molecule has 2 heterocycles. The van der Waals surface area contributed by atoms with Gasteiger partial charge in [0.2, 0.25) is 0 Å². The summed E-state index contributed by atoms with van der Waals surface area (Å²) in [6.07, 6.45) is 2.59. The molecule has 1 aromatic carbocycles. The number of fused-ring (bicyclic) bond motifs is 1. The first-order valence-electron chi connectivity index (χ1n) is 7.47. The number of carbonyl (C=O) groups excluding carboxylic acids is 1. The summed E-state index contributed by atoms with van der Waals surface area (Å²) in [6.45, 7) is 5.11. The number of amides is 1. The minimum absolute atomic E-state index is 0.0680. The number of carbonyl (C=O) groups is 1. The summed E-state index contributed by atoms with van der Waals surface area (Å²) in [4.78, 5) is 16.9. The van der Waals surface area contributed by atoms with Crippen molar-refractivity contribution in [3.63, 3.8) is 0 Å². The predicted octanol–water partition coefficient (Wildman–Crippen LogP) is 1.54. The fourth-order valence-corrected chi connectivity index (χ4v) is 2.80. The van der Waals surface area contributed by atoms with E-state index in [1.54, 1.807) is 6.26 Å². The third-order valence-corrected chi connectivity index (χ3v) is 4.05. The molecule has 5 nitrogen and oxygen atoms in total. The first-order chi connectivity index (χ1) is 10.3. The minimum Gasteiger partial charge on any atom is -0.463 e. The number of benzene rings is 1. The third-order valence-electron chi connectivity index (χ3n) is 4.05. The average molecular weight is 287 g/mol. The van der Waals surface area contributed by atoms with Crippen LogP contribution in [-0.2, 0) is 0 Å². The Bertz CT molecular complexity index is 615. The first-order valence-corrected chi connectivity index (χ1v) is 7.47. The van der Waals surface area contributed by atoms with E-state index >= 15 is 0 Å². The van der Waals surface area contributed by atoms with E-state index in [1.165, 1.54) is 0 Å². The Balaban J connectivity index is 1.67. The fraction of sp³-hybridized carbons (Fsp3) is 0.438. The quantitative estimate of drug-likeness (QED) is 0.926. The normalized spacial score (nSPS) is 16.5. The van der Waals surface area contributed by atoms with Gasteiger partial charge in [-0.25, -0.2) is 0 Å². The molecule has 1 aliphatic rings. The van der Waals surface area contributed by atoms with Crippen LogP contribution in [0.15, 0.2) is 34.9 Å². The lowest BCUT2D eigenvalue weighted by Crippen LogP contribution is -2.49. The highest BCUT2D eigenvalue weighted by atomic mass is 16.3. The predicted molar refractivity (Wildman–Crippen MR) is 82.2 cm³/mol. The summed E-state index contributed by atoms with van der Waals surface area (Å²) in [5.41, 5.74) is 6.97.